The third kappa shape index (κ3) is 4.03. The highest BCUT2D eigenvalue weighted by atomic mass is 16.2. The third-order valence-corrected chi connectivity index (χ3v) is 6.81. The predicted molar refractivity (Wildman–Crippen MR) is 106 cm³/mol. The van der Waals surface area contributed by atoms with E-state index in [0.29, 0.717) is 17.9 Å². The quantitative estimate of drug-likeness (QED) is 0.810. The van der Waals surface area contributed by atoms with E-state index in [1.165, 1.54) is 36.3 Å². The summed E-state index contributed by atoms with van der Waals surface area (Å²) in [6, 6.07) is 6.10. The normalized spacial score (nSPS) is 28.1. The highest BCUT2D eigenvalue weighted by molar-refractivity contribution is 5.87. The molecular formula is C22H32N3O2+. The maximum absolute atomic E-state index is 12.5. The van der Waals surface area contributed by atoms with E-state index >= 15 is 0 Å². The number of carbonyl (C=O) groups excluding carboxylic acids is 1. The highest BCUT2D eigenvalue weighted by Gasteiger charge is 2.36. The van der Waals surface area contributed by atoms with Crippen LogP contribution in [0.25, 0.3) is 0 Å². The van der Waals surface area contributed by atoms with E-state index in [0.717, 1.165) is 39.0 Å². The summed E-state index contributed by atoms with van der Waals surface area (Å²) in [6.45, 7) is 3.89. The Morgan fingerprint density at radius 2 is 2.07 bits per heavy atom. The van der Waals surface area contributed by atoms with Gasteiger partial charge in [0, 0.05) is 49.3 Å². The molecule has 1 N–H and O–H groups in total. The van der Waals surface area contributed by atoms with Gasteiger partial charge in [0.25, 0.3) is 5.56 Å². The Bertz CT molecular complexity index is 763. The molecule has 5 heteroatoms. The second kappa shape index (κ2) is 8.01. The first-order chi connectivity index (χ1) is 13.1. The zero-order valence-electron chi connectivity index (χ0n) is 16.4. The van der Waals surface area contributed by atoms with Crippen molar-refractivity contribution in [2.75, 3.05) is 26.7 Å². The van der Waals surface area contributed by atoms with Crippen molar-refractivity contribution in [3.63, 3.8) is 0 Å². The van der Waals surface area contributed by atoms with E-state index in [1.54, 1.807) is 12.1 Å². The van der Waals surface area contributed by atoms with Crippen LogP contribution in [0.5, 0.6) is 0 Å². The molecule has 0 aromatic carbocycles. The average Bonchev–Trinajstić information content (AvgIpc) is 2.69. The number of likely N-dealkylation sites (N-methyl/N-ethyl adjacent to an activating group) is 1. The number of rotatable bonds is 4. The smallest absolute Gasteiger partial charge is 0.250 e. The Balaban J connectivity index is 1.34. The van der Waals surface area contributed by atoms with E-state index < -0.39 is 0 Å². The maximum Gasteiger partial charge on any atom is 0.250 e. The molecule has 5 nitrogen and oxygen atoms in total. The monoisotopic (exact) mass is 370 g/mol. The van der Waals surface area contributed by atoms with Gasteiger partial charge in [-0.05, 0) is 31.4 Å². The first-order valence-corrected chi connectivity index (χ1v) is 10.6. The summed E-state index contributed by atoms with van der Waals surface area (Å²) < 4.78 is 1.98. The number of piperidine rings is 1. The number of quaternary nitrogens is 1. The van der Waals surface area contributed by atoms with Crippen molar-refractivity contribution in [2.24, 2.45) is 5.92 Å². The van der Waals surface area contributed by atoms with Crippen molar-refractivity contribution in [3.8, 4) is 0 Å². The molecule has 2 fully saturated rings. The van der Waals surface area contributed by atoms with Crippen LogP contribution >= 0.6 is 0 Å². The Morgan fingerprint density at radius 1 is 1.26 bits per heavy atom. The molecule has 3 atom stereocenters. The minimum atomic E-state index is 0.141. The summed E-state index contributed by atoms with van der Waals surface area (Å²) in [5.74, 6) is 1.19. The van der Waals surface area contributed by atoms with Crippen LogP contribution in [0.2, 0.25) is 0 Å². The molecule has 3 heterocycles. The molecule has 1 amide bonds. The van der Waals surface area contributed by atoms with Crippen LogP contribution < -0.4 is 10.5 Å². The molecule has 1 saturated heterocycles. The number of nitrogens with zero attached hydrogens (tertiary/aromatic N) is 2. The van der Waals surface area contributed by atoms with Crippen molar-refractivity contribution in [1.29, 1.82) is 0 Å². The molecule has 1 saturated carbocycles. The molecule has 0 radical (unpaired) electrons. The summed E-state index contributed by atoms with van der Waals surface area (Å²) in [4.78, 5) is 28.1. The largest absolute Gasteiger partial charge is 0.339 e. The second-order valence-electron chi connectivity index (χ2n) is 8.70. The van der Waals surface area contributed by atoms with Crippen molar-refractivity contribution in [3.05, 3.63) is 46.4 Å². The van der Waals surface area contributed by atoms with Gasteiger partial charge in [-0.1, -0.05) is 25.3 Å². The maximum atomic E-state index is 12.5. The number of fused-ring (bicyclic) bond motifs is 4. The van der Waals surface area contributed by atoms with Crippen molar-refractivity contribution >= 4 is 5.91 Å². The first-order valence-electron chi connectivity index (χ1n) is 10.6. The molecule has 146 valence electrons. The van der Waals surface area contributed by atoms with Gasteiger partial charge in [-0.15, -0.1) is 0 Å². The molecular weight excluding hydrogens is 338 g/mol. The average molecular weight is 371 g/mol. The number of hydrogen-bond acceptors (Lipinski definition) is 2. The highest BCUT2D eigenvalue weighted by Crippen LogP contribution is 2.30. The second-order valence-corrected chi connectivity index (χ2v) is 8.70. The van der Waals surface area contributed by atoms with Gasteiger partial charge in [0.1, 0.15) is 0 Å². The number of pyridine rings is 1. The van der Waals surface area contributed by atoms with E-state index in [4.69, 9.17) is 0 Å². The molecule has 0 spiro atoms. The number of carbonyl (C=O) groups is 1. The first kappa shape index (κ1) is 18.5. The number of hydrogen-bond donors (Lipinski definition) is 1. The molecule has 1 aromatic rings. The van der Waals surface area contributed by atoms with Crippen LogP contribution in [-0.2, 0) is 11.3 Å². The Morgan fingerprint density at radius 3 is 2.89 bits per heavy atom. The van der Waals surface area contributed by atoms with E-state index in [1.807, 2.05) is 22.6 Å². The predicted octanol–water partition coefficient (Wildman–Crippen LogP) is 1.20. The number of aromatic nitrogens is 1. The number of nitrogens with one attached hydrogen (secondary N) is 1. The third-order valence-electron chi connectivity index (χ3n) is 6.81. The molecule has 27 heavy (non-hydrogen) atoms. The molecule has 2 bridgehead atoms. The minimum Gasteiger partial charge on any atom is -0.339 e. The molecule has 2 aliphatic heterocycles. The fourth-order valence-corrected chi connectivity index (χ4v) is 5.38. The summed E-state index contributed by atoms with van der Waals surface area (Å²) in [7, 11) is 1.95. The van der Waals surface area contributed by atoms with Gasteiger partial charge < -0.3 is 14.4 Å². The SMILES string of the molecule is CN(C(=O)/C=C/C[NH+]1C[C@@H]2C[C@H](C1)c1cccc(=O)n1C2)C1CCCCC1. The Kier molecular flexibility index (Phi) is 5.48. The fourth-order valence-electron chi connectivity index (χ4n) is 5.38. The van der Waals surface area contributed by atoms with Crippen LogP contribution in [0.3, 0.4) is 0 Å². The summed E-state index contributed by atoms with van der Waals surface area (Å²) in [5, 5.41) is 0. The minimum absolute atomic E-state index is 0.141. The van der Waals surface area contributed by atoms with Gasteiger partial charge in [0.2, 0.25) is 5.91 Å². The Labute approximate surface area is 161 Å². The zero-order valence-corrected chi connectivity index (χ0v) is 16.4. The van der Waals surface area contributed by atoms with Crippen LogP contribution in [-0.4, -0.2) is 48.1 Å². The zero-order chi connectivity index (χ0) is 18.8. The topological polar surface area (TPSA) is 46.8 Å². The summed E-state index contributed by atoms with van der Waals surface area (Å²) in [6.07, 6.45) is 11.1. The number of likely N-dealkylation sites (tertiary alicyclic amines) is 1. The van der Waals surface area contributed by atoms with Crippen molar-refractivity contribution in [1.82, 2.24) is 9.47 Å². The summed E-state index contributed by atoms with van der Waals surface area (Å²) >= 11 is 0. The van der Waals surface area contributed by atoms with E-state index in [9.17, 15) is 9.59 Å². The molecule has 1 aliphatic carbocycles. The van der Waals surface area contributed by atoms with Gasteiger partial charge >= 0.3 is 0 Å². The Hall–Kier alpha value is -1.88. The van der Waals surface area contributed by atoms with E-state index in [2.05, 4.69) is 12.1 Å². The van der Waals surface area contributed by atoms with Crippen LogP contribution in [0.1, 0.15) is 50.1 Å². The van der Waals surface area contributed by atoms with Crippen LogP contribution in [0.15, 0.2) is 35.1 Å². The lowest BCUT2D eigenvalue weighted by molar-refractivity contribution is -0.905. The number of amides is 1. The summed E-state index contributed by atoms with van der Waals surface area (Å²) in [5.41, 5.74) is 1.34. The van der Waals surface area contributed by atoms with Crippen LogP contribution in [0, 0.1) is 5.92 Å². The molecule has 1 aromatic heterocycles. The molecule has 3 aliphatic rings. The van der Waals surface area contributed by atoms with Crippen molar-refractivity contribution in [2.45, 2.75) is 57.0 Å². The lowest BCUT2D eigenvalue weighted by Crippen LogP contribution is -3.14. The van der Waals surface area contributed by atoms with Gasteiger partial charge in [0.15, 0.2) is 0 Å². The van der Waals surface area contributed by atoms with E-state index in [-0.39, 0.29) is 11.5 Å². The molecule has 1 unspecified atom stereocenters. The van der Waals surface area contributed by atoms with Gasteiger partial charge in [-0.3, -0.25) is 9.59 Å². The standard InChI is InChI=1S/C22H31N3O2/c1-23(19-7-3-2-4-8-19)21(26)11-6-12-24-14-17-13-18(16-24)20-9-5-10-22(27)25(20)15-17/h5-6,9-11,17-19H,2-4,7-8,12-16H2,1H3/p+1/b11-6+/t17-,18+/m0/s1. The lowest BCUT2D eigenvalue weighted by atomic mass is 9.83. The van der Waals surface area contributed by atoms with Gasteiger partial charge in [0.05, 0.1) is 19.6 Å². The molecule has 4 rings (SSSR count). The lowest BCUT2D eigenvalue weighted by Gasteiger charge is -2.40. The van der Waals surface area contributed by atoms with Gasteiger partial charge in [-0.2, -0.15) is 0 Å². The van der Waals surface area contributed by atoms with Gasteiger partial charge in [-0.25, -0.2) is 0 Å². The van der Waals surface area contributed by atoms with Crippen molar-refractivity contribution < 1.29 is 9.69 Å². The fraction of sp³-hybridized carbons (Fsp3) is 0.636. The van der Waals surface area contributed by atoms with Crippen LogP contribution in [0.4, 0.5) is 0 Å².